The van der Waals surface area contributed by atoms with Gasteiger partial charge in [0.1, 0.15) is 5.75 Å². The van der Waals surface area contributed by atoms with Crippen LogP contribution in [0.1, 0.15) is 36.2 Å². The molecule has 0 bridgehead atoms. The van der Waals surface area contributed by atoms with Gasteiger partial charge in [0.25, 0.3) is 5.91 Å². The number of rotatable bonds is 7. The van der Waals surface area contributed by atoms with Gasteiger partial charge >= 0.3 is 0 Å². The molecule has 5 nitrogen and oxygen atoms in total. The highest BCUT2D eigenvalue weighted by Crippen LogP contribution is 2.13. The van der Waals surface area contributed by atoms with Crippen LogP contribution in [0.3, 0.4) is 0 Å². The Hall–Kier alpha value is -2.69. The Kier molecular flexibility index (Phi) is 6.29. The summed E-state index contributed by atoms with van der Waals surface area (Å²) in [6.07, 6.45) is 5.90. The van der Waals surface area contributed by atoms with Crippen molar-refractivity contribution >= 4 is 12.1 Å². The molecule has 2 aromatic rings. The minimum absolute atomic E-state index is 0.265. The molecule has 1 amide bonds. The average molecular weight is 311 g/mol. The zero-order chi connectivity index (χ0) is 16.5. The number of benzene rings is 1. The summed E-state index contributed by atoms with van der Waals surface area (Å²) >= 11 is 0. The Labute approximate surface area is 136 Å². The Balaban J connectivity index is 1.84. The molecular formula is C18H21N3O2. The monoisotopic (exact) mass is 311 g/mol. The molecule has 0 saturated heterocycles. The first kappa shape index (κ1) is 16.7. The van der Waals surface area contributed by atoms with Crippen LogP contribution in [0.2, 0.25) is 0 Å². The van der Waals surface area contributed by atoms with Crippen molar-refractivity contribution in [3.8, 4) is 5.75 Å². The molecule has 1 aromatic carbocycles. The Morgan fingerprint density at radius 2 is 2.09 bits per heavy atom. The Morgan fingerprint density at radius 1 is 1.30 bits per heavy atom. The molecule has 0 atom stereocenters. The maximum absolute atomic E-state index is 12.0. The fourth-order valence-electron chi connectivity index (χ4n) is 1.80. The van der Waals surface area contributed by atoms with Crippen molar-refractivity contribution in [2.24, 2.45) is 11.0 Å². The third-order valence-corrected chi connectivity index (χ3v) is 3.14. The van der Waals surface area contributed by atoms with Gasteiger partial charge in [0.15, 0.2) is 0 Å². The summed E-state index contributed by atoms with van der Waals surface area (Å²) in [5.41, 5.74) is 3.84. The van der Waals surface area contributed by atoms with Crippen LogP contribution in [-0.2, 0) is 0 Å². The third-order valence-electron chi connectivity index (χ3n) is 3.14. The fourth-order valence-corrected chi connectivity index (χ4v) is 1.80. The molecule has 0 unspecified atom stereocenters. The minimum Gasteiger partial charge on any atom is -0.494 e. The van der Waals surface area contributed by atoms with E-state index in [2.05, 4.69) is 29.4 Å². The van der Waals surface area contributed by atoms with E-state index in [-0.39, 0.29) is 5.91 Å². The van der Waals surface area contributed by atoms with Gasteiger partial charge in [0.05, 0.1) is 12.8 Å². The van der Waals surface area contributed by atoms with E-state index in [0.29, 0.717) is 18.1 Å². The van der Waals surface area contributed by atoms with Gasteiger partial charge in [-0.2, -0.15) is 5.10 Å². The molecule has 120 valence electrons. The highest BCUT2D eigenvalue weighted by Gasteiger charge is 2.04. The molecule has 0 radical (unpaired) electrons. The van der Waals surface area contributed by atoms with Crippen molar-refractivity contribution in [1.29, 1.82) is 0 Å². The second-order valence-corrected chi connectivity index (χ2v) is 5.54. The van der Waals surface area contributed by atoms with Crippen LogP contribution >= 0.6 is 0 Å². The van der Waals surface area contributed by atoms with Gasteiger partial charge in [0.2, 0.25) is 0 Å². The van der Waals surface area contributed by atoms with E-state index in [1.165, 1.54) is 0 Å². The molecule has 0 aliphatic rings. The second-order valence-electron chi connectivity index (χ2n) is 5.54. The number of nitrogens with zero attached hydrogens (tertiary/aromatic N) is 2. The van der Waals surface area contributed by atoms with Crippen molar-refractivity contribution in [3.63, 3.8) is 0 Å². The molecule has 1 aromatic heterocycles. The van der Waals surface area contributed by atoms with E-state index in [4.69, 9.17) is 4.74 Å². The van der Waals surface area contributed by atoms with Gasteiger partial charge in [-0.1, -0.05) is 19.9 Å². The van der Waals surface area contributed by atoms with Crippen LogP contribution in [0, 0.1) is 5.92 Å². The SMILES string of the molecule is CC(C)CCOc1ccc(C(=O)N/N=C/c2cccnc2)cc1. The fraction of sp³-hybridized carbons (Fsp3) is 0.278. The number of amides is 1. The lowest BCUT2D eigenvalue weighted by Gasteiger charge is -2.08. The molecule has 0 aliphatic carbocycles. The van der Waals surface area contributed by atoms with E-state index >= 15 is 0 Å². The van der Waals surface area contributed by atoms with Crippen molar-refractivity contribution in [1.82, 2.24) is 10.4 Å². The standard InChI is InChI=1S/C18H21N3O2/c1-14(2)9-11-23-17-7-5-16(6-8-17)18(22)21-20-13-15-4-3-10-19-12-15/h3-8,10,12-14H,9,11H2,1-2H3,(H,21,22)/b20-13+. The molecule has 2 rings (SSSR count). The molecule has 0 spiro atoms. The van der Waals surface area contributed by atoms with Crippen molar-refractivity contribution < 1.29 is 9.53 Å². The number of ether oxygens (including phenoxy) is 1. The number of nitrogens with one attached hydrogen (secondary N) is 1. The molecular weight excluding hydrogens is 290 g/mol. The summed E-state index contributed by atoms with van der Waals surface area (Å²) in [4.78, 5) is 15.9. The molecule has 0 fully saturated rings. The van der Waals surface area contributed by atoms with Gasteiger partial charge < -0.3 is 4.74 Å². The topological polar surface area (TPSA) is 63.6 Å². The number of aromatic nitrogens is 1. The van der Waals surface area contributed by atoms with Gasteiger partial charge in [-0.05, 0) is 42.7 Å². The number of carbonyl (C=O) groups excluding carboxylic acids is 1. The second kappa shape index (κ2) is 8.68. The first-order valence-corrected chi connectivity index (χ1v) is 7.61. The first-order valence-electron chi connectivity index (χ1n) is 7.61. The number of hydrogen-bond donors (Lipinski definition) is 1. The molecule has 0 aliphatic heterocycles. The molecule has 0 saturated carbocycles. The lowest BCUT2D eigenvalue weighted by atomic mass is 10.1. The van der Waals surface area contributed by atoms with Crippen molar-refractivity contribution in [2.75, 3.05) is 6.61 Å². The van der Waals surface area contributed by atoms with E-state index in [0.717, 1.165) is 17.7 Å². The van der Waals surface area contributed by atoms with Gasteiger partial charge in [-0.15, -0.1) is 0 Å². The summed E-state index contributed by atoms with van der Waals surface area (Å²) in [6, 6.07) is 10.7. The maximum Gasteiger partial charge on any atom is 0.271 e. The zero-order valence-corrected chi connectivity index (χ0v) is 13.4. The Bertz CT molecular complexity index is 637. The smallest absolute Gasteiger partial charge is 0.271 e. The zero-order valence-electron chi connectivity index (χ0n) is 13.4. The summed E-state index contributed by atoms with van der Waals surface area (Å²) in [6.45, 7) is 4.99. The highest BCUT2D eigenvalue weighted by atomic mass is 16.5. The van der Waals surface area contributed by atoms with Crippen molar-refractivity contribution in [2.45, 2.75) is 20.3 Å². The van der Waals surface area contributed by atoms with E-state index in [9.17, 15) is 4.79 Å². The summed E-state index contributed by atoms with van der Waals surface area (Å²) in [5.74, 6) is 1.11. The maximum atomic E-state index is 12.0. The predicted octanol–water partition coefficient (Wildman–Crippen LogP) is 3.27. The lowest BCUT2D eigenvalue weighted by molar-refractivity contribution is 0.0955. The summed E-state index contributed by atoms with van der Waals surface area (Å²) in [5, 5.41) is 3.91. The van der Waals surface area contributed by atoms with E-state index < -0.39 is 0 Å². The number of pyridine rings is 1. The normalized spacial score (nSPS) is 10.9. The van der Waals surface area contributed by atoms with Gasteiger partial charge in [-0.25, -0.2) is 5.43 Å². The lowest BCUT2D eigenvalue weighted by Crippen LogP contribution is -2.17. The average Bonchev–Trinajstić information content (AvgIpc) is 2.56. The number of hydrazone groups is 1. The number of carbonyl (C=O) groups is 1. The molecule has 1 heterocycles. The van der Waals surface area contributed by atoms with E-state index in [1.807, 2.05) is 6.07 Å². The van der Waals surface area contributed by atoms with E-state index in [1.54, 1.807) is 48.9 Å². The third kappa shape index (κ3) is 5.90. The predicted molar refractivity (Wildman–Crippen MR) is 90.7 cm³/mol. The Morgan fingerprint density at radius 3 is 2.74 bits per heavy atom. The molecule has 5 heteroatoms. The van der Waals surface area contributed by atoms with Crippen LogP contribution in [0.15, 0.2) is 53.9 Å². The van der Waals surface area contributed by atoms with Crippen LogP contribution in [0.5, 0.6) is 5.75 Å². The van der Waals surface area contributed by atoms with Crippen LogP contribution < -0.4 is 10.2 Å². The quantitative estimate of drug-likeness (QED) is 0.630. The van der Waals surface area contributed by atoms with Gasteiger partial charge in [-0.3, -0.25) is 9.78 Å². The largest absolute Gasteiger partial charge is 0.494 e. The highest BCUT2D eigenvalue weighted by molar-refractivity contribution is 5.94. The minimum atomic E-state index is -0.265. The molecule has 1 N–H and O–H groups in total. The van der Waals surface area contributed by atoms with Crippen LogP contribution in [-0.4, -0.2) is 23.7 Å². The first-order chi connectivity index (χ1) is 11.1. The van der Waals surface area contributed by atoms with Gasteiger partial charge in [0, 0.05) is 23.5 Å². The summed E-state index contributed by atoms with van der Waals surface area (Å²) < 4.78 is 5.62. The molecule has 23 heavy (non-hydrogen) atoms. The van der Waals surface area contributed by atoms with Crippen molar-refractivity contribution in [3.05, 3.63) is 59.9 Å². The van der Waals surface area contributed by atoms with Crippen LogP contribution in [0.25, 0.3) is 0 Å². The number of hydrogen-bond acceptors (Lipinski definition) is 4. The summed E-state index contributed by atoms with van der Waals surface area (Å²) in [7, 11) is 0. The van der Waals surface area contributed by atoms with Crippen LogP contribution in [0.4, 0.5) is 0 Å².